The second kappa shape index (κ2) is 8.02. The summed E-state index contributed by atoms with van der Waals surface area (Å²) in [6, 6.07) is 13.5. The number of carbonyl (C=O) groups is 1. The van der Waals surface area contributed by atoms with Crippen molar-refractivity contribution in [3.8, 4) is 0 Å². The lowest BCUT2D eigenvalue weighted by Gasteiger charge is -2.07. The van der Waals surface area contributed by atoms with Crippen LogP contribution in [0.3, 0.4) is 0 Å². The Morgan fingerprint density at radius 2 is 2.04 bits per heavy atom. The van der Waals surface area contributed by atoms with Crippen LogP contribution in [0, 0.1) is 12.8 Å². The molecule has 5 heteroatoms. The minimum absolute atomic E-state index is 0.0755. The number of thioether (sulfide) groups is 1. The van der Waals surface area contributed by atoms with Crippen LogP contribution < -0.4 is 5.32 Å². The maximum absolute atomic E-state index is 12.5. The molecule has 130 valence electrons. The van der Waals surface area contributed by atoms with Gasteiger partial charge in [-0.2, -0.15) is 0 Å². The van der Waals surface area contributed by atoms with Gasteiger partial charge in [-0.1, -0.05) is 43.8 Å². The topological polar surface area (TPSA) is 42.0 Å². The van der Waals surface area contributed by atoms with Crippen LogP contribution in [0.4, 0.5) is 5.69 Å². The molecule has 0 saturated carbocycles. The maximum atomic E-state index is 12.5. The number of thiazole rings is 1. The zero-order chi connectivity index (χ0) is 17.8. The number of rotatable bonds is 6. The molecule has 0 aliphatic carbocycles. The summed E-state index contributed by atoms with van der Waals surface area (Å²) in [7, 11) is 0. The number of hydrogen-bond acceptors (Lipinski definition) is 4. The molecule has 1 aromatic heterocycles. The van der Waals surface area contributed by atoms with Gasteiger partial charge in [-0.3, -0.25) is 4.79 Å². The van der Waals surface area contributed by atoms with Crippen LogP contribution in [0.2, 0.25) is 0 Å². The Kier molecular flexibility index (Phi) is 5.76. The van der Waals surface area contributed by atoms with Crippen molar-refractivity contribution < 1.29 is 4.79 Å². The van der Waals surface area contributed by atoms with Crippen molar-refractivity contribution in [3.05, 3.63) is 53.6 Å². The Bertz CT molecular complexity index is 886. The minimum atomic E-state index is -0.0755. The van der Waals surface area contributed by atoms with E-state index in [0.717, 1.165) is 31.6 Å². The van der Waals surface area contributed by atoms with E-state index in [2.05, 4.69) is 24.1 Å². The fraction of sp³-hybridized carbons (Fsp3) is 0.300. The number of fused-ring (bicyclic) bond motifs is 1. The van der Waals surface area contributed by atoms with Crippen molar-refractivity contribution in [2.75, 3.05) is 11.1 Å². The number of benzene rings is 2. The Morgan fingerprint density at radius 3 is 2.80 bits per heavy atom. The number of aryl methyl sites for hydroxylation is 1. The molecule has 0 radical (unpaired) electrons. The summed E-state index contributed by atoms with van der Waals surface area (Å²) in [6.07, 6.45) is 1.19. The Hall–Kier alpha value is -1.85. The lowest BCUT2D eigenvalue weighted by Crippen LogP contribution is -2.13. The van der Waals surface area contributed by atoms with Gasteiger partial charge in [0.1, 0.15) is 0 Å². The van der Waals surface area contributed by atoms with Gasteiger partial charge in [0.15, 0.2) is 4.34 Å². The third-order valence-corrected chi connectivity index (χ3v) is 6.13. The zero-order valence-corrected chi connectivity index (χ0v) is 16.3. The molecule has 0 aliphatic rings. The summed E-state index contributed by atoms with van der Waals surface area (Å²) in [5.74, 6) is 1.73. The lowest BCUT2D eigenvalue weighted by atomic mass is 10.1. The number of hydrogen-bond donors (Lipinski definition) is 1. The normalized spacial score (nSPS) is 11.2. The van der Waals surface area contributed by atoms with Crippen molar-refractivity contribution in [1.82, 2.24) is 4.98 Å². The molecule has 3 nitrogen and oxygen atoms in total. The first-order valence-electron chi connectivity index (χ1n) is 8.43. The van der Waals surface area contributed by atoms with E-state index >= 15 is 0 Å². The SMILES string of the molecule is Cc1ccccc1C(=O)Nc1ccc2nc(SCCC(C)C)sc2c1. The summed E-state index contributed by atoms with van der Waals surface area (Å²) in [4.78, 5) is 17.1. The number of amides is 1. The highest BCUT2D eigenvalue weighted by Crippen LogP contribution is 2.32. The Balaban J connectivity index is 1.72. The first kappa shape index (κ1) is 18.0. The Labute approximate surface area is 156 Å². The summed E-state index contributed by atoms with van der Waals surface area (Å²) >= 11 is 3.50. The van der Waals surface area contributed by atoms with E-state index in [9.17, 15) is 4.79 Å². The quantitative estimate of drug-likeness (QED) is 0.541. The van der Waals surface area contributed by atoms with Crippen molar-refractivity contribution >= 4 is 44.9 Å². The molecule has 0 fully saturated rings. The molecular weight excluding hydrogens is 348 g/mol. The smallest absolute Gasteiger partial charge is 0.255 e. The standard InChI is InChI=1S/C20H22N2OS2/c1-13(2)10-11-24-20-22-17-9-8-15(12-18(17)25-20)21-19(23)16-7-5-4-6-14(16)3/h4-9,12-13H,10-11H2,1-3H3,(H,21,23). The lowest BCUT2D eigenvalue weighted by molar-refractivity contribution is 0.102. The monoisotopic (exact) mass is 370 g/mol. The van der Waals surface area contributed by atoms with E-state index in [1.165, 1.54) is 6.42 Å². The van der Waals surface area contributed by atoms with Gasteiger partial charge in [0.05, 0.1) is 10.2 Å². The van der Waals surface area contributed by atoms with E-state index in [1.54, 1.807) is 11.3 Å². The van der Waals surface area contributed by atoms with Crippen LogP contribution in [-0.4, -0.2) is 16.6 Å². The summed E-state index contributed by atoms with van der Waals surface area (Å²) in [5, 5.41) is 2.99. The number of anilines is 1. The molecule has 0 unspecified atom stereocenters. The zero-order valence-electron chi connectivity index (χ0n) is 14.7. The summed E-state index contributed by atoms with van der Waals surface area (Å²) in [6.45, 7) is 6.42. The maximum Gasteiger partial charge on any atom is 0.255 e. The highest BCUT2D eigenvalue weighted by Gasteiger charge is 2.10. The first-order valence-corrected chi connectivity index (χ1v) is 10.2. The molecular formula is C20H22N2OS2. The minimum Gasteiger partial charge on any atom is -0.322 e. The van der Waals surface area contributed by atoms with E-state index in [-0.39, 0.29) is 5.91 Å². The fourth-order valence-electron chi connectivity index (χ4n) is 2.45. The molecule has 3 aromatic rings. The van der Waals surface area contributed by atoms with Crippen molar-refractivity contribution in [2.45, 2.75) is 31.5 Å². The van der Waals surface area contributed by atoms with Crippen LogP contribution >= 0.6 is 23.1 Å². The van der Waals surface area contributed by atoms with E-state index in [0.29, 0.717) is 11.5 Å². The van der Waals surface area contributed by atoms with Crippen molar-refractivity contribution in [2.24, 2.45) is 5.92 Å². The van der Waals surface area contributed by atoms with Crippen LogP contribution in [0.25, 0.3) is 10.2 Å². The Morgan fingerprint density at radius 1 is 1.24 bits per heavy atom. The second-order valence-corrected chi connectivity index (χ2v) is 8.83. The van der Waals surface area contributed by atoms with Gasteiger partial charge >= 0.3 is 0 Å². The predicted octanol–water partition coefficient (Wildman–Crippen LogP) is 6.00. The third-order valence-electron chi connectivity index (χ3n) is 3.94. The fourth-order valence-corrected chi connectivity index (χ4v) is 4.87. The second-order valence-electron chi connectivity index (χ2n) is 6.46. The molecule has 0 atom stereocenters. The van der Waals surface area contributed by atoms with Gasteiger partial charge in [-0.25, -0.2) is 4.98 Å². The molecule has 25 heavy (non-hydrogen) atoms. The highest BCUT2D eigenvalue weighted by atomic mass is 32.2. The van der Waals surface area contributed by atoms with Crippen molar-refractivity contribution in [3.63, 3.8) is 0 Å². The molecule has 0 spiro atoms. The van der Waals surface area contributed by atoms with Gasteiger partial charge < -0.3 is 5.32 Å². The summed E-state index contributed by atoms with van der Waals surface area (Å²) in [5.41, 5.74) is 3.48. The molecule has 1 amide bonds. The molecule has 0 aliphatic heterocycles. The van der Waals surface area contributed by atoms with Crippen LogP contribution in [-0.2, 0) is 0 Å². The van der Waals surface area contributed by atoms with Crippen LogP contribution in [0.1, 0.15) is 36.2 Å². The third kappa shape index (κ3) is 4.61. The van der Waals surface area contributed by atoms with E-state index < -0.39 is 0 Å². The van der Waals surface area contributed by atoms with Gasteiger partial charge in [-0.15, -0.1) is 11.3 Å². The molecule has 3 rings (SSSR count). The number of aromatic nitrogens is 1. The van der Waals surface area contributed by atoms with E-state index in [1.807, 2.05) is 61.2 Å². The first-order chi connectivity index (χ1) is 12.0. The number of carbonyl (C=O) groups excluding carboxylic acids is 1. The largest absolute Gasteiger partial charge is 0.322 e. The van der Waals surface area contributed by atoms with Crippen molar-refractivity contribution in [1.29, 1.82) is 0 Å². The van der Waals surface area contributed by atoms with Crippen LogP contribution in [0.5, 0.6) is 0 Å². The molecule has 0 saturated heterocycles. The van der Waals surface area contributed by atoms with Gasteiger partial charge in [0.2, 0.25) is 0 Å². The number of nitrogens with one attached hydrogen (secondary N) is 1. The summed E-state index contributed by atoms with van der Waals surface area (Å²) < 4.78 is 2.20. The molecule has 1 heterocycles. The van der Waals surface area contributed by atoms with E-state index in [4.69, 9.17) is 0 Å². The average Bonchev–Trinajstić information content (AvgIpc) is 2.96. The highest BCUT2D eigenvalue weighted by molar-refractivity contribution is 8.01. The molecule has 2 aromatic carbocycles. The predicted molar refractivity (Wildman–Crippen MR) is 109 cm³/mol. The molecule has 0 bridgehead atoms. The van der Waals surface area contributed by atoms with Gasteiger partial charge in [0.25, 0.3) is 5.91 Å². The number of nitrogens with zero attached hydrogens (tertiary/aromatic N) is 1. The van der Waals surface area contributed by atoms with Gasteiger partial charge in [-0.05, 0) is 49.1 Å². The van der Waals surface area contributed by atoms with Crippen LogP contribution in [0.15, 0.2) is 46.8 Å². The van der Waals surface area contributed by atoms with Gasteiger partial charge in [0, 0.05) is 17.0 Å². The molecule has 1 N–H and O–H groups in total. The average molecular weight is 371 g/mol.